The molecule has 0 aliphatic carbocycles. The summed E-state index contributed by atoms with van der Waals surface area (Å²) in [4.78, 5) is 11.9. The molecule has 1 amide bonds. The van der Waals surface area contributed by atoms with Crippen molar-refractivity contribution in [2.75, 3.05) is 32.0 Å². The van der Waals surface area contributed by atoms with Crippen LogP contribution in [-0.2, 0) is 19.4 Å². The van der Waals surface area contributed by atoms with Crippen LogP contribution in [-0.4, -0.2) is 57.7 Å². The Bertz CT molecular complexity index is 390. The lowest BCUT2D eigenvalue weighted by molar-refractivity contribution is -0.121. The van der Waals surface area contributed by atoms with Gasteiger partial charge in [-0.3, -0.25) is 4.79 Å². The van der Waals surface area contributed by atoms with Gasteiger partial charge in [-0.1, -0.05) is 6.42 Å². The van der Waals surface area contributed by atoms with Gasteiger partial charge in [0.05, 0.1) is 18.5 Å². The molecule has 104 valence electrons. The number of amides is 1. The maximum absolute atomic E-state index is 11.9. The highest BCUT2D eigenvalue weighted by Crippen LogP contribution is 2.19. The van der Waals surface area contributed by atoms with Gasteiger partial charge < -0.3 is 15.4 Å². The van der Waals surface area contributed by atoms with E-state index in [-0.39, 0.29) is 17.8 Å². The largest absolute Gasteiger partial charge is 0.374 e. The smallest absolute Gasteiger partial charge is 0.238 e. The standard InChI is InChI=1S/C11H20N2O4S/c14-11(10-3-1-2-6-18(10,15)16)13-8-9-7-12-4-5-17-9/h9-10,12H,1-8H2,(H,13,14). The summed E-state index contributed by atoms with van der Waals surface area (Å²) < 4.78 is 29.0. The van der Waals surface area contributed by atoms with E-state index in [0.29, 0.717) is 32.5 Å². The number of morpholine rings is 1. The van der Waals surface area contributed by atoms with Crippen molar-refractivity contribution in [3.63, 3.8) is 0 Å². The van der Waals surface area contributed by atoms with Gasteiger partial charge in [-0.15, -0.1) is 0 Å². The molecule has 0 aromatic heterocycles. The van der Waals surface area contributed by atoms with E-state index in [0.717, 1.165) is 13.0 Å². The Balaban J connectivity index is 1.83. The Labute approximate surface area is 107 Å². The van der Waals surface area contributed by atoms with Gasteiger partial charge in [-0.05, 0) is 12.8 Å². The molecule has 18 heavy (non-hydrogen) atoms. The first-order chi connectivity index (χ1) is 8.59. The van der Waals surface area contributed by atoms with E-state index in [9.17, 15) is 13.2 Å². The van der Waals surface area contributed by atoms with Crippen molar-refractivity contribution in [3.8, 4) is 0 Å². The molecular formula is C11H20N2O4S. The van der Waals surface area contributed by atoms with Crippen LogP contribution in [0, 0.1) is 0 Å². The van der Waals surface area contributed by atoms with E-state index in [2.05, 4.69) is 10.6 Å². The third-order valence-corrected chi connectivity index (χ3v) is 5.55. The highest BCUT2D eigenvalue weighted by atomic mass is 32.2. The summed E-state index contributed by atoms with van der Waals surface area (Å²) in [5, 5.41) is 5.00. The number of ether oxygens (including phenoxy) is 1. The molecule has 7 heteroatoms. The fourth-order valence-electron chi connectivity index (χ4n) is 2.33. The molecule has 2 aliphatic rings. The van der Waals surface area contributed by atoms with Crippen molar-refractivity contribution < 1.29 is 17.9 Å². The van der Waals surface area contributed by atoms with E-state index < -0.39 is 15.1 Å². The summed E-state index contributed by atoms with van der Waals surface area (Å²) in [6.07, 6.45) is 1.85. The maximum atomic E-state index is 11.9. The average molecular weight is 276 g/mol. The van der Waals surface area contributed by atoms with Crippen molar-refractivity contribution >= 4 is 15.7 Å². The molecule has 0 radical (unpaired) electrons. The molecule has 0 bridgehead atoms. The highest BCUT2D eigenvalue weighted by molar-refractivity contribution is 7.92. The minimum absolute atomic E-state index is 0.0611. The summed E-state index contributed by atoms with van der Waals surface area (Å²) in [6, 6.07) is 0. The second kappa shape index (κ2) is 5.99. The van der Waals surface area contributed by atoms with Crippen LogP contribution < -0.4 is 10.6 Å². The number of hydrogen-bond donors (Lipinski definition) is 2. The topological polar surface area (TPSA) is 84.5 Å². The molecule has 2 heterocycles. The zero-order valence-electron chi connectivity index (χ0n) is 10.4. The molecule has 2 unspecified atom stereocenters. The predicted octanol–water partition coefficient (Wildman–Crippen LogP) is -0.942. The zero-order chi connectivity index (χ0) is 13.0. The second-order valence-electron chi connectivity index (χ2n) is 4.79. The Kier molecular flexibility index (Phi) is 4.58. The SMILES string of the molecule is O=C(NCC1CNCCO1)C1CCCCS1(=O)=O. The van der Waals surface area contributed by atoms with E-state index in [1.54, 1.807) is 0 Å². The molecule has 2 N–H and O–H groups in total. The van der Waals surface area contributed by atoms with Gasteiger partial charge in [0.2, 0.25) is 5.91 Å². The van der Waals surface area contributed by atoms with Gasteiger partial charge in [0.25, 0.3) is 0 Å². The molecule has 0 saturated carbocycles. The van der Waals surface area contributed by atoms with Gasteiger partial charge in [0.15, 0.2) is 9.84 Å². The molecule has 0 aromatic carbocycles. The first-order valence-corrected chi connectivity index (χ1v) is 8.13. The monoisotopic (exact) mass is 276 g/mol. The van der Waals surface area contributed by atoms with Crippen LogP contribution in [0.3, 0.4) is 0 Å². The van der Waals surface area contributed by atoms with Gasteiger partial charge in [-0.2, -0.15) is 0 Å². The minimum Gasteiger partial charge on any atom is -0.374 e. The molecule has 2 aliphatic heterocycles. The van der Waals surface area contributed by atoms with Crippen LogP contribution in [0.25, 0.3) is 0 Å². The Morgan fingerprint density at radius 3 is 2.89 bits per heavy atom. The third-order valence-electron chi connectivity index (χ3n) is 3.38. The highest BCUT2D eigenvalue weighted by Gasteiger charge is 2.34. The van der Waals surface area contributed by atoms with E-state index in [1.165, 1.54) is 0 Å². The summed E-state index contributed by atoms with van der Waals surface area (Å²) in [6.45, 7) is 2.51. The molecular weight excluding hydrogens is 256 g/mol. The van der Waals surface area contributed by atoms with Gasteiger partial charge >= 0.3 is 0 Å². The lowest BCUT2D eigenvalue weighted by Gasteiger charge is -2.26. The van der Waals surface area contributed by atoms with Gasteiger partial charge in [0, 0.05) is 19.6 Å². The lowest BCUT2D eigenvalue weighted by atomic mass is 10.2. The van der Waals surface area contributed by atoms with Crippen LogP contribution in [0.2, 0.25) is 0 Å². The van der Waals surface area contributed by atoms with Crippen molar-refractivity contribution in [1.82, 2.24) is 10.6 Å². The van der Waals surface area contributed by atoms with E-state index in [4.69, 9.17) is 4.74 Å². The predicted molar refractivity (Wildman–Crippen MR) is 67.0 cm³/mol. The van der Waals surface area contributed by atoms with Crippen molar-refractivity contribution in [1.29, 1.82) is 0 Å². The maximum Gasteiger partial charge on any atom is 0.238 e. The normalized spacial score (nSPS) is 31.8. The van der Waals surface area contributed by atoms with Crippen LogP contribution in [0.5, 0.6) is 0 Å². The number of rotatable bonds is 3. The Morgan fingerprint density at radius 1 is 1.39 bits per heavy atom. The molecule has 2 rings (SSSR count). The van der Waals surface area contributed by atoms with Crippen LogP contribution in [0.4, 0.5) is 0 Å². The number of sulfone groups is 1. The van der Waals surface area contributed by atoms with Crippen LogP contribution >= 0.6 is 0 Å². The van der Waals surface area contributed by atoms with Gasteiger partial charge in [-0.25, -0.2) is 8.42 Å². The first kappa shape index (κ1) is 13.8. The van der Waals surface area contributed by atoms with Crippen LogP contribution in [0.15, 0.2) is 0 Å². The fraction of sp³-hybridized carbons (Fsp3) is 0.909. The first-order valence-electron chi connectivity index (χ1n) is 6.41. The summed E-state index contributed by atoms with van der Waals surface area (Å²) in [7, 11) is -3.24. The molecule has 2 saturated heterocycles. The van der Waals surface area contributed by atoms with Gasteiger partial charge in [0.1, 0.15) is 5.25 Å². The summed E-state index contributed by atoms with van der Waals surface area (Å²) >= 11 is 0. The molecule has 0 spiro atoms. The molecule has 2 atom stereocenters. The number of hydrogen-bond acceptors (Lipinski definition) is 5. The van der Waals surface area contributed by atoms with Crippen LogP contribution in [0.1, 0.15) is 19.3 Å². The van der Waals surface area contributed by atoms with Crippen molar-refractivity contribution in [2.24, 2.45) is 0 Å². The van der Waals surface area contributed by atoms with Crippen molar-refractivity contribution in [2.45, 2.75) is 30.6 Å². The minimum atomic E-state index is -3.24. The average Bonchev–Trinajstić information content (AvgIpc) is 2.37. The second-order valence-corrected chi connectivity index (χ2v) is 7.10. The van der Waals surface area contributed by atoms with E-state index >= 15 is 0 Å². The number of carbonyl (C=O) groups is 1. The summed E-state index contributed by atoms with van der Waals surface area (Å²) in [5.41, 5.74) is 0. The third kappa shape index (κ3) is 3.43. The summed E-state index contributed by atoms with van der Waals surface area (Å²) in [5.74, 6) is -0.240. The molecule has 0 aromatic rings. The quantitative estimate of drug-likeness (QED) is 0.695. The van der Waals surface area contributed by atoms with E-state index in [1.807, 2.05) is 0 Å². The number of carbonyl (C=O) groups excluding carboxylic acids is 1. The Hall–Kier alpha value is -0.660. The zero-order valence-corrected chi connectivity index (χ0v) is 11.2. The fourth-order valence-corrected chi connectivity index (χ4v) is 4.15. The molecule has 2 fully saturated rings. The lowest BCUT2D eigenvalue weighted by Crippen LogP contribution is -2.49. The Morgan fingerprint density at radius 2 is 2.22 bits per heavy atom. The van der Waals surface area contributed by atoms with Crippen molar-refractivity contribution in [3.05, 3.63) is 0 Å². The number of nitrogens with one attached hydrogen (secondary N) is 2. The molecule has 6 nitrogen and oxygen atoms in total.